The van der Waals surface area contributed by atoms with Crippen LogP contribution in [0.5, 0.6) is 0 Å². The van der Waals surface area contributed by atoms with E-state index in [9.17, 15) is 0 Å². The van der Waals surface area contributed by atoms with Crippen LogP contribution in [0.3, 0.4) is 0 Å². The molecule has 17 heavy (non-hydrogen) atoms. The van der Waals surface area contributed by atoms with Gasteiger partial charge in [-0.1, -0.05) is 23.2 Å². The van der Waals surface area contributed by atoms with Crippen molar-refractivity contribution >= 4 is 34.2 Å². The molecule has 0 radical (unpaired) electrons. The van der Waals surface area contributed by atoms with Gasteiger partial charge < -0.3 is 4.98 Å². The molecule has 84 valence electrons. The molecular formula is C12H7Cl2N3. The van der Waals surface area contributed by atoms with Crippen molar-refractivity contribution in [3.05, 3.63) is 46.7 Å². The molecule has 0 saturated carbocycles. The summed E-state index contributed by atoms with van der Waals surface area (Å²) in [6, 6.07) is 7.27. The van der Waals surface area contributed by atoms with Gasteiger partial charge in [0.1, 0.15) is 5.82 Å². The zero-order valence-electron chi connectivity index (χ0n) is 8.61. The van der Waals surface area contributed by atoms with Gasteiger partial charge in [-0.25, -0.2) is 4.98 Å². The van der Waals surface area contributed by atoms with E-state index >= 15 is 0 Å². The van der Waals surface area contributed by atoms with Crippen molar-refractivity contribution in [2.75, 3.05) is 0 Å². The van der Waals surface area contributed by atoms with Crippen molar-refractivity contribution in [1.82, 2.24) is 15.0 Å². The van der Waals surface area contributed by atoms with Gasteiger partial charge >= 0.3 is 0 Å². The van der Waals surface area contributed by atoms with Crippen LogP contribution in [0.25, 0.3) is 22.4 Å². The van der Waals surface area contributed by atoms with E-state index in [0.717, 1.165) is 22.4 Å². The number of nitrogens with one attached hydrogen (secondary N) is 1. The average Bonchev–Trinajstić information content (AvgIpc) is 2.76. The van der Waals surface area contributed by atoms with Crippen molar-refractivity contribution in [3.63, 3.8) is 0 Å². The van der Waals surface area contributed by atoms with E-state index in [1.54, 1.807) is 24.5 Å². The zero-order chi connectivity index (χ0) is 11.8. The maximum absolute atomic E-state index is 5.98. The number of halogens is 2. The van der Waals surface area contributed by atoms with E-state index in [1.807, 2.05) is 12.1 Å². The summed E-state index contributed by atoms with van der Waals surface area (Å²) in [6.45, 7) is 0. The third-order valence-electron chi connectivity index (χ3n) is 2.48. The Labute approximate surface area is 107 Å². The molecule has 0 atom stereocenters. The third kappa shape index (κ3) is 1.88. The van der Waals surface area contributed by atoms with Crippen molar-refractivity contribution in [1.29, 1.82) is 0 Å². The highest BCUT2D eigenvalue weighted by atomic mass is 35.5. The highest BCUT2D eigenvalue weighted by Gasteiger charge is 2.06. The van der Waals surface area contributed by atoms with Gasteiger partial charge in [-0.15, -0.1) is 0 Å². The fourth-order valence-corrected chi connectivity index (χ4v) is 1.94. The fraction of sp³-hybridized carbons (Fsp3) is 0. The predicted octanol–water partition coefficient (Wildman–Crippen LogP) is 3.93. The summed E-state index contributed by atoms with van der Waals surface area (Å²) < 4.78 is 0. The first-order valence-electron chi connectivity index (χ1n) is 4.99. The van der Waals surface area contributed by atoms with Crippen molar-refractivity contribution in [3.8, 4) is 11.4 Å². The molecule has 2 aromatic heterocycles. The summed E-state index contributed by atoms with van der Waals surface area (Å²) in [6.07, 6.45) is 3.45. The van der Waals surface area contributed by atoms with Gasteiger partial charge in [0, 0.05) is 11.8 Å². The molecule has 1 aromatic carbocycles. The highest BCUT2D eigenvalue weighted by Crippen LogP contribution is 2.27. The van der Waals surface area contributed by atoms with Crippen LogP contribution < -0.4 is 0 Å². The molecule has 3 nitrogen and oxygen atoms in total. The van der Waals surface area contributed by atoms with Crippen molar-refractivity contribution in [2.24, 2.45) is 0 Å². The minimum atomic E-state index is 0.516. The Balaban J connectivity index is 2.17. The van der Waals surface area contributed by atoms with Crippen LogP contribution in [-0.2, 0) is 0 Å². The van der Waals surface area contributed by atoms with Gasteiger partial charge in [-0.3, -0.25) is 4.98 Å². The van der Waals surface area contributed by atoms with Crippen LogP contribution in [0.1, 0.15) is 0 Å². The number of H-pyrrole nitrogens is 1. The van der Waals surface area contributed by atoms with Gasteiger partial charge in [0.2, 0.25) is 0 Å². The van der Waals surface area contributed by atoms with Gasteiger partial charge in [0.05, 0.1) is 27.3 Å². The van der Waals surface area contributed by atoms with Crippen LogP contribution in [0.4, 0.5) is 0 Å². The Morgan fingerprint density at radius 1 is 1.06 bits per heavy atom. The molecule has 3 rings (SSSR count). The lowest BCUT2D eigenvalue weighted by atomic mass is 10.2. The van der Waals surface area contributed by atoms with Crippen LogP contribution in [0, 0.1) is 0 Å². The lowest BCUT2D eigenvalue weighted by Crippen LogP contribution is -1.80. The average molecular weight is 264 g/mol. The fourth-order valence-electron chi connectivity index (χ4n) is 1.64. The Morgan fingerprint density at radius 2 is 1.94 bits per heavy atom. The van der Waals surface area contributed by atoms with E-state index in [4.69, 9.17) is 23.2 Å². The zero-order valence-corrected chi connectivity index (χ0v) is 10.1. The number of hydrogen-bond acceptors (Lipinski definition) is 2. The molecule has 5 heteroatoms. The minimum Gasteiger partial charge on any atom is -0.337 e. The van der Waals surface area contributed by atoms with E-state index in [2.05, 4.69) is 15.0 Å². The summed E-state index contributed by atoms with van der Waals surface area (Å²) in [5, 5.41) is 1.05. The molecule has 1 N–H and O–H groups in total. The number of aromatic nitrogens is 3. The number of imidazole rings is 1. The number of hydrogen-bond donors (Lipinski definition) is 1. The van der Waals surface area contributed by atoms with Crippen molar-refractivity contribution in [2.45, 2.75) is 0 Å². The molecule has 0 unspecified atom stereocenters. The summed E-state index contributed by atoms with van der Waals surface area (Å²) in [5.41, 5.74) is 2.67. The molecule has 0 aliphatic carbocycles. The van der Waals surface area contributed by atoms with Crippen LogP contribution in [-0.4, -0.2) is 15.0 Å². The quantitative estimate of drug-likeness (QED) is 0.723. The molecule has 0 aliphatic rings. The monoisotopic (exact) mass is 263 g/mol. The van der Waals surface area contributed by atoms with Crippen LogP contribution in [0.15, 0.2) is 36.7 Å². The minimum absolute atomic E-state index is 0.516. The molecule has 0 fully saturated rings. The Hall–Kier alpha value is -1.58. The topological polar surface area (TPSA) is 41.6 Å². The van der Waals surface area contributed by atoms with Gasteiger partial charge in [-0.05, 0) is 24.3 Å². The first-order valence-corrected chi connectivity index (χ1v) is 5.75. The van der Waals surface area contributed by atoms with Crippen LogP contribution >= 0.6 is 23.2 Å². The first kappa shape index (κ1) is 10.6. The smallest absolute Gasteiger partial charge is 0.138 e. The van der Waals surface area contributed by atoms with E-state index in [1.165, 1.54) is 0 Å². The normalized spacial score (nSPS) is 10.9. The lowest BCUT2D eigenvalue weighted by Gasteiger charge is -1.99. The van der Waals surface area contributed by atoms with Gasteiger partial charge in [0.25, 0.3) is 0 Å². The standard InChI is InChI=1S/C12H7Cl2N3/c13-8-2-1-7(5-9(8)14)12-16-10-3-4-15-6-11(10)17-12/h1-6H,(H,16,17). The summed E-state index contributed by atoms with van der Waals surface area (Å²) in [4.78, 5) is 11.7. The molecule has 0 spiro atoms. The number of fused-ring (bicyclic) bond motifs is 1. The molecular weight excluding hydrogens is 257 g/mol. The second-order valence-corrected chi connectivity index (χ2v) is 4.42. The molecule has 0 saturated heterocycles. The highest BCUT2D eigenvalue weighted by molar-refractivity contribution is 6.42. The van der Waals surface area contributed by atoms with E-state index in [-0.39, 0.29) is 0 Å². The second kappa shape index (κ2) is 4.02. The Morgan fingerprint density at radius 3 is 2.71 bits per heavy atom. The van der Waals surface area contributed by atoms with Crippen molar-refractivity contribution < 1.29 is 0 Å². The number of benzene rings is 1. The SMILES string of the molecule is Clc1ccc(-c2nc3ccncc3[nH]2)cc1Cl. The third-order valence-corrected chi connectivity index (χ3v) is 3.22. The second-order valence-electron chi connectivity index (χ2n) is 3.61. The summed E-state index contributed by atoms with van der Waals surface area (Å²) in [7, 11) is 0. The Kier molecular flexibility index (Phi) is 2.50. The largest absolute Gasteiger partial charge is 0.337 e. The molecule has 3 aromatic rings. The molecule has 0 amide bonds. The van der Waals surface area contributed by atoms with Gasteiger partial charge in [-0.2, -0.15) is 0 Å². The number of pyridine rings is 1. The molecule has 0 bridgehead atoms. The summed E-state index contributed by atoms with van der Waals surface area (Å²) in [5.74, 6) is 0.756. The molecule has 2 heterocycles. The Bertz CT molecular complexity index is 658. The number of rotatable bonds is 1. The summed E-state index contributed by atoms with van der Waals surface area (Å²) >= 11 is 11.9. The maximum atomic E-state index is 5.98. The molecule has 0 aliphatic heterocycles. The first-order chi connectivity index (χ1) is 8.24. The van der Waals surface area contributed by atoms with Crippen LogP contribution in [0.2, 0.25) is 10.0 Å². The predicted molar refractivity (Wildman–Crippen MR) is 69.3 cm³/mol. The number of aromatic amines is 1. The van der Waals surface area contributed by atoms with E-state index < -0.39 is 0 Å². The van der Waals surface area contributed by atoms with Gasteiger partial charge in [0.15, 0.2) is 0 Å². The maximum Gasteiger partial charge on any atom is 0.138 e. The number of nitrogens with zero attached hydrogens (tertiary/aromatic N) is 2. The lowest BCUT2D eigenvalue weighted by molar-refractivity contribution is 1.33. The van der Waals surface area contributed by atoms with E-state index in [0.29, 0.717) is 10.0 Å².